The summed E-state index contributed by atoms with van der Waals surface area (Å²) in [7, 11) is 0. The molecule has 0 saturated heterocycles. The standard InChI is InChI=1S/C11H13Cl2N5O3/c12-3-5-17(6-4-13)16-15-10-2-1-8(18(20)21)7-9(10)11(14)19/h1-2,7H,3-6H2,(H2,14,19). The first-order valence-corrected chi connectivity index (χ1v) is 6.93. The monoisotopic (exact) mass is 333 g/mol. The van der Waals surface area contributed by atoms with Gasteiger partial charge >= 0.3 is 0 Å². The molecule has 0 fully saturated rings. The Hall–Kier alpha value is -1.93. The first-order valence-electron chi connectivity index (χ1n) is 5.86. The molecular weight excluding hydrogens is 321 g/mol. The van der Waals surface area contributed by atoms with Gasteiger partial charge in [0, 0.05) is 23.9 Å². The maximum absolute atomic E-state index is 11.3. The summed E-state index contributed by atoms with van der Waals surface area (Å²) in [6.07, 6.45) is 0. The number of nitrogens with zero attached hydrogens (tertiary/aromatic N) is 4. The van der Waals surface area contributed by atoms with Gasteiger partial charge in [-0.2, -0.15) is 0 Å². The van der Waals surface area contributed by atoms with Gasteiger partial charge in [-0.3, -0.25) is 19.9 Å². The van der Waals surface area contributed by atoms with E-state index in [1.54, 1.807) is 0 Å². The van der Waals surface area contributed by atoms with Crippen LogP contribution in [0.3, 0.4) is 0 Å². The molecule has 0 aromatic heterocycles. The third kappa shape index (κ3) is 5.16. The van der Waals surface area contributed by atoms with Crippen LogP contribution in [0.1, 0.15) is 10.4 Å². The molecule has 2 N–H and O–H groups in total. The van der Waals surface area contributed by atoms with Crippen LogP contribution in [0.2, 0.25) is 0 Å². The highest BCUT2D eigenvalue weighted by molar-refractivity contribution is 6.18. The summed E-state index contributed by atoms with van der Waals surface area (Å²) in [5.74, 6) is -0.161. The van der Waals surface area contributed by atoms with Crippen LogP contribution >= 0.6 is 23.2 Å². The molecule has 1 amide bonds. The molecule has 1 aromatic carbocycles. The highest BCUT2D eigenvalue weighted by Crippen LogP contribution is 2.24. The molecule has 1 aromatic rings. The van der Waals surface area contributed by atoms with Crippen LogP contribution in [0, 0.1) is 10.1 Å². The second-order valence-corrected chi connectivity index (χ2v) is 4.60. The normalized spacial score (nSPS) is 10.8. The van der Waals surface area contributed by atoms with Crippen molar-refractivity contribution < 1.29 is 9.72 Å². The number of amides is 1. The van der Waals surface area contributed by atoms with Crippen LogP contribution in [-0.4, -0.2) is 40.7 Å². The second-order valence-electron chi connectivity index (χ2n) is 3.84. The summed E-state index contributed by atoms with van der Waals surface area (Å²) in [5.41, 5.74) is 5.00. The number of carbonyl (C=O) groups excluding carboxylic acids is 1. The third-order valence-electron chi connectivity index (χ3n) is 2.42. The number of nitro groups is 1. The van der Waals surface area contributed by atoms with Crippen molar-refractivity contribution in [2.45, 2.75) is 0 Å². The molecule has 8 nitrogen and oxygen atoms in total. The predicted octanol–water partition coefficient (Wildman–Crippen LogP) is 2.47. The van der Waals surface area contributed by atoms with Crippen LogP contribution in [0.4, 0.5) is 11.4 Å². The Morgan fingerprint density at radius 3 is 2.43 bits per heavy atom. The molecule has 0 aliphatic carbocycles. The van der Waals surface area contributed by atoms with E-state index in [-0.39, 0.29) is 16.9 Å². The summed E-state index contributed by atoms with van der Waals surface area (Å²) in [4.78, 5) is 21.4. The third-order valence-corrected chi connectivity index (χ3v) is 2.76. The van der Waals surface area contributed by atoms with Crippen molar-refractivity contribution in [3.05, 3.63) is 33.9 Å². The summed E-state index contributed by atoms with van der Waals surface area (Å²) in [6.45, 7) is 0.854. The second kappa shape index (κ2) is 8.38. The van der Waals surface area contributed by atoms with E-state index in [1.807, 2.05) is 0 Å². The molecule has 0 heterocycles. The Morgan fingerprint density at radius 1 is 1.33 bits per heavy atom. The van der Waals surface area contributed by atoms with Crippen molar-refractivity contribution in [3.63, 3.8) is 0 Å². The van der Waals surface area contributed by atoms with Crippen molar-refractivity contribution in [3.8, 4) is 0 Å². The lowest BCUT2D eigenvalue weighted by atomic mass is 10.1. The number of non-ortho nitro benzene ring substituents is 1. The first kappa shape index (κ1) is 17.1. The van der Waals surface area contributed by atoms with Crippen molar-refractivity contribution in [2.24, 2.45) is 16.1 Å². The van der Waals surface area contributed by atoms with Crippen molar-refractivity contribution in [2.75, 3.05) is 24.8 Å². The SMILES string of the molecule is NC(=O)c1cc([N+](=O)[O-])ccc1N=NN(CCCl)CCCl. The number of rotatable bonds is 8. The lowest BCUT2D eigenvalue weighted by molar-refractivity contribution is -0.384. The largest absolute Gasteiger partial charge is 0.366 e. The van der Waals surface area contributed by atoms with Crippen LogP contribution in [0.5, 0.6) is 0 Å². The molecule has 10 heteroatoms. The van der Waals surface area contributed by atoms with E-state index in [0.29, 0.717) is 24.8 Å². The van der Waals surface area contributed by atoms with Crippen molar-refractivity contribution >= 4 is 40.5 Å². The fraction of sp³-hybridized carbons (Fsp3) is 0.364. The minimum Gasteiger partial charge on any atom is -0.366 e. The van der Waals surface area contributed by atoms with Crippen molar-refractivity contribution in [1.82, 2.24) is 5.01 Å². The topological polar surface area (TPSA) is 114 Å². The minimum atomic E-state index is -0.825. The zero-order chi connectivity index (χ0) is 15.8. The fourth-order valence-corrected chi connectivity index (χ4v) is 1.82. The van der Waals surface area contributed by atoms with E-state index >= 15 is 0 Å². The number of benzene rings is 1. The molecule has 0 unspecified atom stereocenters. The van der Waals surface area contributed by atoms with Gasteiger partial charge in [0.1, 0.15) is 5.69 Å². The Kier molecular flexibility index (Phi) is 6.83. The molecule has 0 atom stereocenters. The molecule has 0 bridgehead atoms. The van der Waals surface area contributed by atoms with Gasteiger partial charge in [-0.05, 0) is 6.07 Å². The number of nitrogens with two attached hydrogens (primary N) is 1. The minimum absolute atomic E-state index is 0.0790. The van der Waals surface area contributed by atoms with E-state index in [9.17, 15) is 14.9 Å². The Bertz CT molecular complexity index is 547. The van der Waals surface area contributed by atoms with Gasteiger partial charge in [-0.25, -0.2) is 0 Å². The molecule has 1 rings (SSSR count). The molecule has 0 aliphatic rings. The molecule has 21 heavy (non-hydrogen) atoms. The molecule has 0 radical (unpaired) electrons. The summed E-state index contributed by atoms with van der Waals surface area (Å²) < 4.78 is 0. The average Bonchev–Trinajstić information content (AvgIpc) is 2.44. The quantitative estimate of drug-likeness (QED) is 0.340. The lowest BCUT2D eigenvalue weighted by Crippen LogP contribution is -2.21. The number of carbonyl (C=O) groups is 1. The highest BCUT2D eigenvalue weighted by atomic mass is 35.5. The van der Waals surface area contributed by atoms with Gasteiger partial charge in [-0.15, -0.1) is 28.3 Å². The van der Waals surface area contributed by atoms with Crippen molar-refractivity contribution in [1.29, 1.82) is 0 Å². The van der Waals surface area contributed by atoms with E-state index in [0.717, 1.165) is 6.07 Å². The van der Waals surface area contributed by atoms with Crippen LogP contribution in [0.15, 0.2) is 28.5 Å². The Balaban J connectivity index is 3.06. The zero-order valence-electron chi connectivity index (χ0n) is 10.9. The van der Waals surface area contributed by atoms with E-state index in [1.165, 1.54) is 17.1 Å². The van der Waals surface area contributed by atoms with Gasteiger partial charge in [-0.1, -0.05) is 5.22 Å². The maximum Gasteiger partial charge on any atom is 0.270 e. The molecule has 114 valence electrons. The number of hydrogen-bond acceptors (Lipinski definition) is 5. The maximum atomic E-state index is 11.3. The van der Waals surface area contributed by atoms with E-state index in [2.05, 4.69) is 10.3 Å². The molecule has 0 saturated carbocycles. The van der Waals surface area contributed by atoms with E-state index < -0.39 is 10.8 Å². The zero-order valence-corrected chi connectivity index (χ0v) is 12.4. The average molecular weight is 334 g/mol. The number of halogens is 2. The molecule has 0 aliphatic heterocycles. The molecular formula is C11H13Cl2N5O3. The Morgan fingerprint density at radius 2 is 1.95 bits per heavy atom. The van der Waals surface area contributed by atoms with Gasteiger partial charge in [0.25, 0.3) is 11.6 Å². The fourth-order valence-electron chi connectivity index (χ4n) is 1.43. The molecule has 0 spiro atoms. The highest BCUT2D eigenvalue weighted by Gasteiger charge is 2.14. The van der Waals surface area contributed by atoms with Crippen LogP contribution in [0.25, 0.3) is 0 Å². The number of hydrogen-bond donors (Lipinski definition) is 1. The van der Waals surface area contributed by atoms with Gasteiger partial charge in [0.05, 0.1) is 23.6 Å². The van der Waals surface area contributed by atoms with Crippen LogP contribution in [-0.2, 0) is 0 Å². The smallest absolute Gasteiger partial charge is 0.270 e. The van der Waals surface area contributed by atoms with Crippen LogP contribution < -0.4 is 5.73 Å². The predicted molar refractivity (Wildman–Crippen MR) is 79.1 cm³/mol. The first-order chi connectivity index (χ1) is 9.99. The lowest BCUT2D eigenvalue weighted by Gasteiger charge is -2.14. The van der Waals surface area contributed by atoms with Gasteiger partial charge < -0.3 is 5.73 Å². The van der Waals surface area contributed by atoms with Gasteiger partial charge in [0.2, 0.25) is 0 Å². The van der Waals surface area contributed by atoms with Gasteiger partial charge in [0.15, 0.2) is 0 Å². The van der Waals surface area contributed by atoms with E-state index in [4.69, 9.17) is 28.9 Å². The number of alkyl halides is 2. The summed E-state index contributed by atoms with van der Waals surface area (Å²) in [6, 6.07) is 3.58. The number of nitro benzene ring substituents is 1. The summed E-state index contributed by atoms with van der Waals surface area (Å²) >= 11 is 11.2. The Labute approximate surface area is 130 Å². The number of primary amides is 1. The summed E-state index contributed by atoms with van der Waals surface area (Å²) in [5, 5.41) is 20.0.